The van der Waals surface area contributed by atoms with Crippen molar-refractivity contribution in [3.8, 4) is 11.5 Å². The fourth-order valence-corrected chi connectivity index (χ4v) is 2.79. The Labute approximate surface area is 161 Å². The first kappa shape index (κ1) is 18.9. The number of rotatable bonds is 8. The van der Waals surface area contributed by atoms with Crippen molar-refractivity contribution in [1.82, 2.24) is 20.2 Å². The van der Waals surface area contributed by atoms with E-state index in [0.717, 1.165) is 5.56 Å². The Morgan fingerprint density at radius 1 is 1.26 bits per heavy atom. The van der Waals surface area contributed by atoms with Crippen LogP contribution in [-0.4, -0.2) is 27.3 Å². The Balaban J connectivity index is 1.73. The zero-order valence-corrected chi connectivity index (χ0v) is 15.7. The summed E-state index contributed by atoms with van der Waals surface area (Å²) in [6.07, 6.45) is 0. The topological polar surface area (TPSA) is 74.1 Å². The molecule has 0 aliphatic rings. The average molecular weight is 392 g/mol. The van der Waals surface area contributed by atoms with Crippen LogP contribution in [0, 0.1) is 5.82 Å². The van der Waals surface area contributed by atoms with E-state index in [1.54, 1.807) is 35.0 Å². The molecule has 3 aromatic rings. The van der Waals surface area contributed by atoms with Crippen LogP contribution in [0.4, 0.5) is 10.3 Å². The molecule has 2 aromatic carbocycles. The molecule has 0 saturated heterocycles. The van der Waals surface area contributed by atoms with E-state index in [4.69, 9.17) is 21.1 Å². The van der Waals surface area contributed by atoms with Gasteiger partial charge in [-0.25, -0.2) is 9.07 Å². The highest BCUT2D eigenvalue weighted by molar-refractivity contribution is 6.32. The van der Waals surface area contributed by atoms with E-state index >= 15 is 0 Å². The molecule has 0 aliphatic carbocycles. The number of tetrazole rings is 1. The molecular formula is C18H19ClFN5O2. The molecule has 3 rings (SSSR count). The Bertz CT molecular complexity index is 919. The van der Waals surface area contributed by atoms with Gasteiger partial charge in [0.2, 0.25) is 5.95 Å². The molecular weight excluding hydrogens is 373 g/mol. The van der Waals surface area contributed by atoms with E-state index in [-0.39, 0.29) is 12.4 Å². The Kier molecular flexibility index (Phi) is 6.08. The number of nitrogens with zero attached hydrogens (tertiary/aromatic N) is 4. The van der Waals surface area contributed by atoms with Crippen molar-refractivity contribution in [2.45, 2.75) is 26.6 Å². The fraction of sp³-hybridized carbons (Fsp3) is 0.278. The summed E-state index contributed by atoms with van der Waals surface area (Å²) < 4.78 is 26.5. The summed E-state index contributed by atoms with van der Waals surface area (Å²) in [5, 5.41) is 14.9. The Morgan fingerprint density at radius 3 is 2.81 bits per heavy atom. The number of methoxy groups -OCH3 is 1. The van der Waals surface area contributed by atoms with Crippen molar-refractivity contribution in [3.05, 3.63) is 58.4 Å². The molecule has 27 heavy (non-hydrogen) atoms. The van der Waals surface area contributed by atoms with Gasteiger partial charge in [0.05, 0.1) is 12.1 Å². The molecule has 0 radical (unpaired) electrons. The molecule has 0 fully saturated rings. The SMILES string of the molecule is CCn1nnnc1NCc1cc(Cl)c(OCc2ccccc2F)c(OC)c1. The van der Waals surface area contributed by atoms with Gasteiger partial charge in [0.15, 0.2) is 11.5 Å². The van der Waals surface area contributed by atoms with Gasteiger partial charge in [-0.3, -0.25) is 0 Å². The third kappa shape index (κ3) is 4.46. The smallest absolute Gasteiger partial charge is 0.243 e. The minimum absolute atomic E-state index is 0.0472. The highest BCUT2D eigenvalue weighted by Gasteiger charge is 2.14. The van der Waals surface area contributed by atoms with Gasteiger partial charge in [-0.1, -0.05) is 34.9 Å². The summed E-state index contributed by atoms with van der Waals surface area (Å²) in [4.78, 5) is 0. The fourth-order valence-electron chi connectivity index (χ4n) is 2.51. The number of aromatic nitrogens is 4. The van der Waals surface area contributed by atoms with Gasteiger partial charge < -0.3 is 14.8 Å². The summed E-state index contributed by atoms with van der Waals surface area (Å²) in [7, 11) is 1.52. The maximum Gasteiger partial charge on any atom is 0.243 e. The maximum absolute atomic E-state index is 13.8. The van der Waals surface area contributed by atoms with Gasteiger partial charge in [-0.15, -0.1) is 0 Å². The van der Waals surface area contributed by atoms with Gasteiger partial charge in [0, 0.05) is 18.7 Å². The molecule has 0 amide bonds. The van der Waals surface area contributed by atoms with Gasteiger partial charge in [-0.2, -0.15) is 0 Å². The molecule has 7 nitrogen and oxygen atoms in total. The van der Waals surface area contributed by atoms with Crippen molar-refractivity contribution in [2.75, 3.05) is 12.4 Å². The lowest BCUT2D eigenvalue weighted by Crippen LogP contribution is -2.08. The van der Waals surface area contributed by atoms with E-state index in [9.17, 15) is 4.39 Å². The first-order valence-electron chi connectivity index (χ1n) is 8.35. The van der Waals surface area contributed by atoms with Crippen LogP contribution in [0.5, 0.6) is 11.5 Å². The predicted octanol–water partition coefficient (Wildman–Crippen LogP) is 3.69. The molecule has 1 N–H and O–H groups in total. The van der Waals surface area contributed by atoms with Crippen molar-refractivity contribution in [1.29, 1.82) is 0 Å². The van der Waals surface area contributed by atoms with E-state index in [1.807, 2.05) is 6.92 Å². The molecule has 9 heteroatoms. The average Bonchev–Trinajstić information content (AvgIpc) is 3.14. The van der Waals surface area contributed by atoms with Crippen LogP contribution in [0.25, 0.3) is 0 Å². The zero-order valence-electron chi connectivity index (χ0n) is 14.9. The molecule has 142 valence electrons. The molecule has 0 bridgehead atoms. The molecule has 0 saturated carbocycles. The van der Waals surface area contributed by atoms with Gasteiger partial charge in [0.25, 0.3) is 0 Å². The summed E-state index contributed by atoms with van der Waals surface area (Å²) in [5.41, 5.74) is 1.30. The summed E-state index contributed by atoms with van der Waals surface area (Å²) in [6.45, 7) is 3.10. The Morgan fingerprint density at radius 2 is 2.07 bits per heavy atom. The lowest BCUT2D eigenvalue weighted by molar-refractivity contribution is 0.280. The monoisotopic (exact) mass is 391 g/mol. The van der Waals surface area contributed by atoms with E-state index in [1.165, 1.54) is 13.2 Å². The van der Waals surface area contributed by atoms with Crippen LogP contribution in [0.3, 0.4) is 0 Å². The quantitative estimate of drug-likeness (QED) is 0.631. The van der Waals surface area contributed by atoms with Crippen LogP contribution in [0.15, 0.2) is 36.4 Å². The van der Waals surface area contributed by atoms with Gasteiger partial charge >= 0.3 is 0 Å². The zero-order chi connectivity index (χ0) is 19.2. The molecule has 0 spiro atoms. The van der Waals surface area contributed by atoms with Crippen molar-refractivity contribution >= 4 is 17.5 Å². The summed E-state index contributed by atoms with van der Waals surface area (Å²) in [6, 6.07) is 9.98. The summed E-state index contributed by atoms with van der Waals surface area (Å²) in [5.74, 6) is 1.06. The lowest BCUT2D eigenvalue weighted by atomic mass is 10.2. The number of aryl methyl sites for hydroxylation is 1. The van der Waals surface area contributed by atoms with Crippen LogP contribution in [-0.2, 0) is 19.7 Å². The molecule has 1 aromatic heterocycles. The molecule has 0 atom stereocenters. The second-order valence-corrected chi connectivity index (χ2v) is 6.07. The maximum atomic E-state index is 13.8. The van der Waals surface area contributed by atoms with Crippen molar-refractivity contribution in [3.63, 3.8) is 0 Å². The molecule has 1 heterocycles. The largest absolute Gasteiger partial charge is 0.493 e. The second-order valence-electron chi connectivity index (χ2n) is 5.66. The number of hydrogen-bond donors (Lipinski definition) is 1. The number of hydrogen-bond acceptors (Lipinski definition) is 6. The highest BCUT2D eigenvalue weighted by atomic mass is 35.5. The van der Waals surface area contributed by atoms with Crippen LogP contribution in [0.2, 0.25) is 5.02 Å². The van der Waals surface area contributed by atoms with Crippen molar-refractivity contribution < 1.29 is 13.9 Å². The van der Waals surface area contributed by atoms with Gasteiger partial charge in [-0.05, 0) is 41.1 Å². The van der Waals surface area contributed by atoms with Crippen LogP contribution in [0.1, 0.15) is 18.1 Å². The lowest BCUT2D eigenvalue weighted by Gasteiger charge is -2.15. The number of benzene rings is 2. The third-order valence-electron chi connectivity index (χ3n) is 3.90. The molecule has 0 aliphatic heterocycles. The second kappa shape index (κ2) is 8.68. The normalized spacial score (nSPS) is 10.7. The van der Waals surface area contributed by atoms with Crippen LogP contribution >= 0.6 is 11.6 Å². The summed E-state index contributed by atoms with van der Waals surface area (Å²) >= 11 is 6.37. The number of anilines is 1. The number of nitrogens with one attached hydrogen (secondary N) is 1. The third-order valence-corrected chi connectivity index (χ3v) is 4.18. The minimum atomic E-state index is -0.331. The number of ether oxygens (including phenoxy) is 2. The first-order chi connectivity index (χ1) is 13.1. The predicted molar refractivity (Wildman–Crippen MR) is 99.6 cm³/mol. The Hall–Kier alpha value is -2.87. The van der Waals surface area contributed by atoms with E-state index in [0.29, 0.717) is 41.1 Å². The van der Waals surface area contributed by atoms with Crippen LogP contribution < -0.4 is 14.8 Å². The standard InChI is InChI=1S/C18H19ClFN5O2/c1-3-25-18(22-23-24-25)21-10-12-8-14(19)17(16(9-12)26-2)27-11-13-6-4-5-7-15(13)20/h4-9H,3,10-11H2,1-2H3,(H,21,22,24). The van der Waals surface area contributed by atoms with E-state index in [2.05, 4.69) is 20.8 Å². The molecule has 0 unspecified atom stereocenters. The first-order valence-corrected chi connectivity index (χ1v) is 8.72. The number of halogens is 2. The van der Waals surface area contributed by atoms with E-state index < -0.39 is 0 Å². The van der Waals surface area contributed by atoms with Gasteiger partial charge in [0.1, 0.15) is 12.4 Å². The highest BCUT2D eigenvalue weighted by Crippen LogP contribution is 2.37. The minimum Gasteiger partial charge on any atom is -0.493 e. The van der Waals surface area contributed by atoms with Crippen molar-refractivity contribution in [2.24, 2.45) is 0 Å².